The number of hydrogen-bond donors (Lipinski definition) is 2. The van der Waals surface area contributed by atoms with E-state index in [0.717, 1.165) is 4.90 Å². The van der Waals surface area contributed by atoms with E-state index in [2.05, 4.69) is 10.4 Å². The standard InChI is InChI=1S/C25H23F3N4O5/c1-13-17(23(34)31-9-7-24(35,12-31)25(26,27)28)11-32-21(13)18(6-8-30-32)37-15-4-5-16-19(10-15)36-14(2)20(16)22(33)29-3/h4-6,8,10-11,35H,7,9,12H2,1-3H3,(H,29,33)/t24-/m1/s1. The number of nitrogens with zero attached hydrogens (tertiary/aromatic N) is 3. The average Bonchev–Trinajstić information content (AvgIpc) is 3.51. The lowest BCUT2D eigenvalue weighted by Crippen LogP contribution is -2.48. The van der Waals surface area contributed by atoms with Crippen LogP contribution in [0.3, 0.4) is 0 Å². The molecule has 5 rings (SSSR count). The van der Waals surface area contributed by atoms with Crippen molar-refractivity contribution < 1.29 is 37.0 Å². The molecule has 1 saturated heterocycles. The fourth-order valence-corrected chi connectivity index (χ4v) is 4.69. The zero-order valence-corrected chi connectivity index (χ0v) is 20.1. The first-order chi connectivity index (χ1) is 17.4. The number of amides is 2. The molecular formula is C25H23F3N4O5. The molecule has 0 spiro atoms. The Kier molecular flexibility index (Phi) is 5.66. The molecule has 4 aromatic rings. The topological polar surface area (TPSA) is 109 Å². The Bertz CT molecular complexity index is 1560. The second-order valence-electron chi connectivity index (χ2n) is 9.03. The molecular weight excluding hydrogens is 493 g/mol. The van der Waals surface area contributed by atoms with Crippen LogP contribution in [0.2, 0.25) is 0 Å². The number of β-amino-alcohol motifs (C(OH)–C–C–N with tert-alkyl or cyclic N) is 1. The summed E-state index contributed by atoms with van der Waals surface area (Å²) in [5, 5.41) is 17.4. The number of fused-ring (bicyclic) bond motifs is 2. The summed E-state index contributed by atoms with van der Waals surface area (Å²) in [7, 11) is 1.53. The van der Waals surface area contributed by atoms with Crippen molar-refractivity contribution in [1.82, 2.24) is 19.8 Å². The van der Waals surface area contributed by atoms with Gasteiger partial charge < -0.3 is 24.5 Å². The van der Waals surface area contributed by atoms with Crippen LogP contribution in [-0.4, -0.2) is 63.3 Å². The van der Waals surface area contributed by atoms with Crippen LogP contribution in [0.5, 0.6) is 11.5 Å². The Morgan fingerprint density at radius 2 is 2.00 bits per heavy atom. The van der Waals surface area contributed by atoms with E-state index in [0.29, 0.717) is 44.9 Å². The first-order valence-corrected chi connectivity index (χ1v) is 11.4. The highest BCUT2D eigenvalue weighted by Crippen LogP contribution is 2.39. The number of ether oxygens (including phenoxy) is 1. The van der Waals surface area contributed by atoms with Crippen LogP contribution in [0, 0.1) is 13.8 Å². The van der Waals surface area contributed by atoms with Gasteiger partial charge in [0.05, 0.1) is 23.9 Å². The van der Waals surface area contributed by atoms with Crippen molar-refractivity contribution in [2.75, 3.05) is 20.1 Å². The third kappa shape index (κ3) is 3.97. The van der Waals surface area contributed by atoms with Crippen molar-refractivity contribution in [2.24, 2.45) is 0 Å². The van der Waals surface area contributed by atoms with E-state index in [9.17, 15) is 27.9 Å². The predicted molar refractivity (Wildman–Crippen MR) is 126 cm³/mol. The van der Waals surface area contributed by atoms with Crippen LogP contribution in [-0.2, 0) is 0 Å². The summed E-state index contributed by atoms with van der Waals surface area (Å²) < 4.78 is 52.9. The Morgan fingerprint density at radius 3 is 2.68 bits per heavy atom. The van der Waals surface area contributed by atoms with Crippen LogP contribution in [0.15, 0.2) is 41.1 Å². The smallest absolute Gasteiger partial charge is 0.419 e. The van der Waals surface area contributed by atoms with Gasteiger partial charge in [-0.25, -0.2) is 4.52 Å². The minimum atomic E-state index is -4.83. The molecule has 37 heavy (non-hydrogen) atoms. The van der Waals surface area contributed by atoms with Gasteiger partial charge in [-0.1, -0.05) is 0 Å². The Morgan fingerprint density at radius 1 is 1.24 bits per heavy atom. The second-order valence-corrected chi connectivity index (χ2v) is 9.03. The van der Waals surface area contributed by atoms with E-state index < -0.39 is 30.7 Å². The van der Waals surface area contributed by atoms with E-state index >= 15 is 0 Å². The first-order valence-electron chi connectivity index (χ1n) is 11.4. The quantitative estimate of drug-likeness (QED) is 0.425. The van der Waals surface area contributed by atoms with Crippen molar-refractivity contribution in [3.8, 4) is 11.5 Å². The molecule has 4 heterocycles. The van der Waals surface area contributed by atoms with Gasteiger partial charge in [-0.05, 0) is 31.5 Å². The Labute approximate surface area is 208 Å². The molecule has 0 unspecified atom stereocenters. The number of nitrogens with one attached hydrogen (secondary N) is 1. The molecule has 3 aromatic heterocycles. The maximum atomic E-state index is 13.2. The number of rotatable bonds is 4. The van der Waals surface area contributed by atoms with Crippen LogP contribution in [0.1, 0.15) is 38.5 Å². The number of hydrogen-bond acceptors (Lipinski definition) is 6. The molecule has 0 bridgehead atoms. The maximum Gasteiger partial charge on any atom is 0.419 e. The van der Waals surface area contributed by atoms with Gasteiger partial charge in [-0.2, -0.15) is 18.3 Å². The van der Waals surface area contributed by atoms with Gasteiger partial charge in [-0.3, -0.25) is 9.59 Å². The lowest BCUT2D eigenvalue weighted by molar-refractivity contribution is -0.253. The molecule has 1 aliphatic rings. The first kappa shape index (κ1) is 24.6. The van der Waals surface area contributed by atoms with Gasteiger partial charge in [0.15, 0.2) is 11.4 Å². The summed E-state index contributed by atoms with van der Waals surface area (Å²) >= 11 is 0. The molecule has 9 nitrogen and oxygen atoms in total. The third-order valence-electron chi connectivity index (χ3n) is 6.70. The summed E-state index contributed by atoms with van der Waals surface area (Å²) in [5.74, 6) is 0.314. The molecule has 2 N–H and O–H groups in total. The Hall–Kier alpha value is -4.06. The highest BCUT2D eigenvalue weighted by atomic mass is 19.4. The number of carbonyl (C=O) groups is 2. The minimum absolute atomic E-state index is 0.155. The summed E-state index contributed by atoms with van der Waals surface area (Å²) in [6.07, 6.45) is -2.52. The molecule has 0 aliphatic carbocycles. The summed E-state index contributed by atoms with van der Waals surface area (Å²) in [6, 6.07) is 6.62. The average molecular weight is 516 g/mol. The number of likely N-dealkylation sites (tertiary alicyclic amines) is 1. The molecule has 2 amide bonds. The zero-order chi connectivity index (χ0) is 26.7. The number of aliphatic hydroxyl groups is 1. The van der Waals surface area contributed by atoms with E-state index in [1.165, 1.54) is 24.0 Å². The lowest BCUT2D eigenvalue weighted by atomic mass is 10.0. The SMILES string of the molecule is CNC(=O)c1c(C)oc2cc(Oc3ccnn4cc(C(=O)N5CC[C@](O)(C(F)(F)F)C5)c(C)c34)ccc12. The predicted octanol–water partition coefficient (Wildman–Crippen LogP) is 3.99. The van der Waals surface area contributed by atoms with E-state index in [1.54, 1.807) is 38.1 Å². The summed E-state index contributed by atoms with van der Waals surface area (Å²) in [5.41, 5.74) is -0.969. The molecule has 1 fully saturated rings. The van der Waals surface area contributed by atoms with Crippen LogP contribution in [0.4, 0.5) is 13.2 Å². The highest BCUT2D eigenvalue weighted by Gasteiger charge is 2.58. The number of carbonyl (C=O) groups excluding carboxylic acids is 2. The van der Waals surface area contributed by atoms with Crippen molar-refractivity contribution in [1.29, 1.82) is 0 Å². The van der Waals surface area contributed by atoms with Crippen molar-refractivity contribution >= 4 is 28.3 Å². The molecule has 1 atom stereocenters. The maximum absolute atomic E-state index is 13.2. The van der Waals surface area contributed by atoms with Gasteiger partial charge >= 0.3 is 6.18 Å². The molecule has 0 radical (unpaired) electrons. The van der Waals surface area contributed by atoms with Crippen LogP contribution in [0.25, 0.3) is 16.5 Å². The van der Waals surface area contributed by atoms with Gasteiger partial charge in [0.25, 0.3) is 11.8 Å². The van der Waals surface area contributed by atoms with Gasteiger partial charge in [-0.15, -0.1) is 0 Å². The molecule has 0 saturated carbocycles. The second kappa shape index (κ2) is 8.51. The van der Waals surface area contributed by atoms with Crippen LogP contribution < -0.4 is 10.1 Å². The largest absolute Gasteiger partial charge is 0.460 e. The van der Waals surface area contributed by atoms with E-state index in [1.807, 2.05) is 0 Å². The van der Waals surface area contributed by atoms with Crippen molar-refractivity contribution in [3.05, 3.63) is 59.1 Å². The molecule has 12 heteroatoms. The van der Waals surface area contributed by atoms with Crippen molar-refractivity contribution in [3.63, 3.8) is 0 Å². The number of aromatic nitrogens is 2. The minimum Gasteiger partial charge on any atom is -0.460 e. The fraction of sp³-hybridized carbons (Fsp3) is 0.320. The number of alkyl halides is 3. The molecule has 194 valence electrons. The van der Waals surface area contributed by atoms with E-state index in [4.69, 9.17) is 9.15 Å². The van der Waals surface area contributed by atoms with Gasteiger partial charge in [0.2, 0.25) is 0 Å². The molecule has 1 aliphatic heterocycles. The third-order valence-corrected chi connectivity index (χ3v) is 6.70. The number of furan rings is 1. The van der Waals surface area contributed by atoms with Crippen molar-refractivity contribution in [2.45, 2.75) is 32.0 Å². The number of aryl methyl sites for hydroxylation is 2. The zero-order valence-electron chi connectivity index (χ0n) is 20.1. The van der Waals surface area contributed by atoms with Crippen LogP contribution >= 0.6 is 0 Å². The highest BCUT2D eigenvalue weighted by molar-refractivity contribution is 6.07. The number of benzene rings is 1. The molecule has 1 aromatic carbocycles. The summed E-state index contributed by atoms with van der Waals surface area (Å²) in [4.78, 5) is 26.3. The fourth-order valence-electron chi connectivity index (χ4n) is 4.69. The van der Waals surface area contributed by atoms with Gasteiger partial charge in [0.1, 0.15) is 22.6 Å². The van der Waals surface area contributed by atoms with Gasteiger partial charge in [0, 0.05) is 43.7 Å². The Balaban J connectivity index is 1.46. The normalized spacial score (nSPS) is 18.1. The summed E-state index contributed by atoms with van der Waals surface area (Å²) in [6.45, 7) is 2.28. The van der Waals surface area contributed by atoms with E-state index in [-0.39, 0.29) is 18.0 Å². The monoisotopic (exact) mass is 516 g/mol. The number of halogens is 3. The lowest BCUT2D eigenvalue weighted by Gasteiger charge is -2.25.